The van der Waals surface area contributed by atoms with Gasteiger partial charge in [0.1, 0.15) is 12.1 Å². The van der Waals surface area contributed by atoms with Crippen LogP contribution < -0.4 is 5.32 Å². The van der Waals surface area contributed by atoms with E-state index < -0.39 is 0 Å². The van der Waals surface area contributed by atoms with Crippen molar-refractivity contribution in [1.29, 1.82) is 0 Å². The Kier molecular flexibility index (Phi) is 4.94. The van der Waals surface area contributed by atoms with Gasteiger partial charge in [-0.05, 0) is 39.7 Å². The van der Waals surface area contributed by atoms with Crippen LogP contribution in [0.25, 0.3) is 0 Å². The van der Waals surface area contributed by atoms with Crippen LogP contribution in [0.15, 0.2) is 0 Å². The van der Waals surface area contributed by atoms with Gasteiger partial charge in [-0.3, -0.25) is 4.79 Å². The molecule has 0 bridgehead atoms. The van der Waals surface area contributed by atoms with Crippen LogP contribution in [0.5, 0.6) is 0 Å². The number of rotatable bonds is 3. The minimum atomic E-state index is -0.182. The van der Waals surface area contributed by atoms with Gasteiger partial charge >= 0.3 is 5.97 Å². The van der Waals surface area contributed by atoms with Gasteiger partial charge in [0.2, 0.25) is 0 Å². The molecule has 0 saturated heterocycles. The Labute approximate surface area is 86.2 Å². The van der Waals surface area contributed by atoms with Gasteiger partial charge in [0, 0.05) is 0 Å². The summed E-state index contributed by atoms with van der Waals surface area (Å²) >= 11 is 0. The van der Waals surface area contributed by atoms with Gasteiger partial charge in [-0.15, -0.1) is 0 Å². The molecule has 3 heteroatoms. The van der Waals surface area contributed by atoms with E-state index in [1.54, 1.807) is 7.05 Å². The molecule has 1 fully saturated rings. The third-order valence-electron chi connectivity index (χ3n) is 2.87. The van der Waals surface area contributed by atoms with Crippen LogP contribution in [0.3, 0.4) is 0 Å². The van der Waals surface area contributed by atoms with Crippen LogP contribution in [0.4, 0.5) is 0 Å². The molecule has 1 aliphatic carbocycles. The lowest BCUT2D eigenvalue weighted by molar-refractivity contribution is -0.151. The first kappa shape index (κ1) is 11.5. The molecule has 1 unspecified atom stereocenters. The van der Waals surface area contributed by atoms with E-state index in [1.807, 2.05) is 6.92 Å². The number of likely N-dealkylation sites (N-methyl/N-ethyl adjacent to an activating group) is 1. The summed E-state index contributed by atoms with van der Waals surface area (Å²) in [6.45, 7) is 1.83. The second-order valence-electron chi connectivity index (χ2n) is 4.06. The smallest absolute Gasteiger partial charge is 0.323 e. The molecule has 0 radical (unpaired) electrons. The third kappa shape index (κ3) is 3.66. The molecule has 0 aromatic rings. The highest BCUT2D eigenvalue weighted by Crippen LogP contribution is 2.20. The fraction of sp³-hybridized carbons (Fsp3) is 0.909. The Morgan fingerprint density at radius 2 is 1.86 bits per heavy atom. The first-order chi connectivity index (χ1) is 6.74. The van der Waals surface area contributed by atoms with Crippen molar-refractivity contribution < 1.29 is 9.53 Å². The number of carbonyl (C=O) groups is 1. The average molecular weight is 199 g/mol. The molecule has 82 valence electrons. The molecule has 1 N–H and O–H groups in total. The highest BCUT2D eigenvalue weighted by atomic mass is 16.5. The topological polar surface area (TPSA) is 38.3 Å². The fourth-order valence-corrected chi connectivity index (χ4v) is 1.74. The van der Waals surface area contributed by atoms with E-state index in [0.29, 0.717) is 0 Å². The molecular formula is C11H21NO2. The molecule has 14 heavy (non-hydrogen) atoms. The molecule has 3 nitrogen and oxygen atoms in total. The van der Waals surface area contributed by atoms with Crippen LogP contribution in [0.1, 0.15) is 45.4 Å². The van der Waals surface area contributed by atoms with E-state index in [1.165, 1.54) is 25.7 Å². The fourth-order valence-electron chi connectivity index (χ4n) is 1.74. The lowest BCUT2D eigenvalue weighted by atomic mass is 10.1. The summed E-state index contributed by atoms with van der Waals surface area (Å²) in [5.74, 6) is -0.112. The van der Waals surface area contributed by atoms with Crippen LogP contribution in [0, 0.1) is 0 Å². The molecule has 0 heterocycles. The van der Waals surface area contributed by atoms with Gasteiger partial charge < -0.3 is 10.1 Å². The standard InChI is InChI=1S/C11H21NO2/c1-9(12-2)11(13)14-10-7-5-3-4-6-8-10/h9-10,12H,3-8H2,1-2H3. The van der Waals surface area contributed by atoms with Gasteiger partial charge in [0.15, 0.2) is 0 Å². The second-order valence-corrected chi connectivity index (χ2v) is 4.06. The predicted octanol–water partition coefficient (Wildman–Crippen LogP) is 1.86. The number of esters is 1. The second kappa shape index (κ2) is 6.02. The normalized spacial score (nSPS) is 21.3. The van der Waals surface area contributed by atoms with E-state index >= 15 is 0 Å². The van der Waals surface area contributed by atoms with Crippen LogP contribution in [0.2, 0.25) is 0 Å². The van der Waals surface area contributed by atoms with Crippen LogP contribution >= 0.6 is 0 Å². The quantitative estimate of drug-likeness (QED) is 0.557. The lowest BCUT2D eigenvalue weighted by Crippen LogP contribution is -2.34. The van der Waals surface area contributed by atoms with Gasteiger partial charge in [-0.25, -0.2) is 0 Å². The minimum Gasteiger partial charge on any atom is -0.461 e. The minimum absolute atomic E-state index is 0.112. The summed E-state index contributed by atoms with van der Waals surface area (Å²) < 4.78 is 5.42. The highest BCUT2D eigenvalue weighted by Gasteiger charge is 2.19. The number of hydrogen-bond acceptors (Lipinski definition) is 3. The molecule has 1 saturated carbocycles. The Morgan fingerprint density at radius 1 is 1.29 bits per heavy atom. The molecule has 0 spiro atoms. The highest BCUT2D eigenvalue weighted by molar-refractivity contribution is 5.75. The molecular weight excluding hydrogens is 178 g/mol. The molecule has 1 rings (SSSR count). The number of nitrogens with one attached hydrogen (secondary N) is 1. The number of carbonyl (C=O) groups excluding carboxylic acids is 1. The van der Waals surface area contributed by atoms with E-state index in [-0.39, 0.29) is 18.1 Å². The summed E-state index contributed by atoms with van der Waals surface area (Å²) in [5.41, 5.74) is 0. The van der Waals surface area contributed by atoms with E-state index in [9.17, 15) is 4.79 Å². The summed E-state index contributed by atoms with van der Waals surface area (Å²) in [6.07, 6.45) is 7.23. The van der Waals surface area contributed by atoms with Gasteiger partial charge in [0.05, 0.1) is 0 Å². The first-order valence-corrected chi connectivity index (χ1v) is 5.62. The Balaban J connectivity index is 2.30. The zero-order valence-electron chi connectivity index (χ0n) is 9.21. The van der Waals surface area contributed by atoms with Crippen LogP contribution in [-0.2, 0) is 9.53 Å². The van der Waals surface area contributed by atoms with E-state index in [0.717, 1.165) is 12.8 Å². The maximum absolute atomic E-state index is 11.5. The van der Waals surface area contributed by atoms with Gasteiger partial charge in [-0.1, -0.05) is 12.8 Å². The van der Waals surface area contributed by atoms with Crippen molar-refractivity contribution in [3.8, 4) is 0 Å². The number of ether oxygens (including phenoxy) is 1. The molecule has 1 aliphatic rings. The van der Waals surface area contributed by atoms with Crippen molar-refractivity contribution in [3.63, 3.8) is 0 Å². The summed E-state index contributed by atoms with van der Waals surface area (Å²) in [6, 6.07) is -0.182. The summed E-state index contributed by atoms with van der Waals surface area (Å²) in [4.78, 5) is 11.5. The Hall–Kier alpha value is -0.570. The average Bonchev–Trinajstić information content (AvgIpc) is 2.45. The van der Waals surface area contributed by atoms with Gasteiger partial charge in [0.25, 0.3) is 0 Å². The van der Waals surface area contributed by atoms with Crippen molar-refractivity contribution in [3.05, 3.63) is 0 Å². The van der Waals surface area contributed by atoms with Crippen LogP contribution in [-0.4, -0.2) is 25.2 Å². The van der Waals surface area contributed by atoms with Crippen molar-refractivity contribution >= 4 is 5.97 Å². The van der Waals surface area contributed by atoms with Gasteiger partial charge in [-0.2, -0.15) is 0 Å². The van der Waals surface area contributed by atoms with E-state index in [2.05, 4.69) is 5.32 Å². The maximum Gasteiger partial charge on any atom is 0.323 e. The van der Waals surface area contributed by atoms with E-state index in [4.69, 9.17) is 4.74 Å². The summed E-state index contributed by atoms with van der Waals surface area (Å²) in [7, 11) is 1.78. The predicted molar refractivity (Wildman–Crippen MR) is 56.1 cm³/mol. The first-order valence-electron chi connectivity index (χ1n) is 5.62. The zero-order chi connectivity index (χ0) is 10.4. The molecule has 0 aliphatic heterocycles. The summed E-state index contributed by atoms with van der Waals surface area (Å²) in [5, 5.41) is 2.90. The Morgan fingerprint density at radius 3 is 2.36 bits per heavy atom. The lowest BCUT2D eigenvalue weighted by Gasteiger charge is -2.18. The van der Waals surface area contributed by atoms with Crippen molar-refractivity contribution in [2.24, 2.45) is 0 Å². The molecule has 0 aromatic heterocycles. The maximum atomic E-state index is 11.5. The molecule has 0 aromatic carbocycles. The molecule has 0 amide bonds. The third-order valence-corrected chi connectivity index (χ3v) is 2.87. The number of hydrogen-bond donors (Lipinski definition) is 1. The zero-order valence-corrected chi connectivity index (χ0v) is 9.21. The van der Waals surface area contributed by atoms with Crippen molar-refractivity contribution in [1.82, 2.24) is 5.32 Å². The monoisotopic (exact) mass is 199 g/mol. The van der Waals surface area contributed by atoms with Crippen molar-refractivity contribution in [2.75, 3.05) is 7.05 Å². The molecule has 1 atom stereocenters. The van der Waals surface area contributed by atoms with Crippen molar-refractivity contribution in [2.45, 2.75) is 57.6 Å². The largest absolute Gasteiger partial charge is 0.461 e. The SMILES string of the molecule is CNC(C)C(=O)OC1CCCCCC1. The Bertz CT molecular complexity index is 174.